The van der Waals surface area contributed by atoms with Gasteiger partial charge in [0.15, 0.2) is 0 Å². The molecule has 1 N–H and O–H groups in total. The maximum Gasteiger partial charge on any atom is 0.121 e. The number of fused-ring (bicyclic) bond motifs is 2. The van der Waals surface area contributed by atoms with Crippen LogP contribution in [0.2, 0.25) is 0 Å². The number of aliphatic hydroxyl groups is 1. The molecule has 3 nitrogen and oxygen atoms in total. The first-order valence-electron chi connectivity index (χ1n) is 7.45. The number of hydrogen-bond donors (Lipinski definition) is 1. The Morgan fingerprint density at radius 3 is 2.33 bits per heavy atom. The van der Waals surface area contributed by atoms with Crippen LogP contribution in [0.1, 0.15) is 46.0 Å². The smallest absolute Gasteiger partial charge is 0.121 e. The molecule has 0 aromatic heterocycles. The zero-order valence-corrected chi connectivity index (χ0v) is 11.4. The Morgan fingerprint density at radius 1 is 1.06 bits per heavy atom. The molecule has 4 rings (SSSR count). The molecule has 2 heterocycles. The zero-order chi connectivity index (χ0) is 12.6. The second kappa shape index (κ2) is 3.31. The van der Waals surface area contributed by atoms with Crippen LogP contribution < -0.4 is 0 Å². The summed E-state index contributed by atoms with van der Waals surface area (Å²) in [5.74, 6) is 1.20. The van der Waals surface area contributed by atoms with Crippen molar-refractivity contribution in [1.29, 1.82) is 0 Å². The molecule has 2 saturated heterocycles. The summed E-state index contributed by atoms with van der Waals surface area (Å²) in [6, 6.07) is 0. The Hall–Kier alpha value is -0.120. The van der Waals surface area contributed by atoms with Gasteiger partial charge in [-0.15, -0.1) is 0 Å². The predicted octanol–water partition coefficient (Wildman–Crippen LogP) is 2.12. The van der Waals surface area contributed by atoms with Crippen LogP contribution >= 0.6 is 0 Å². The van der Waals surface area contributed by atoms with E-state index < -0.39 is 0 Å². The second-order valence-electron chi connectivity index (χ2n) is 7.58. The van der Waals surface area contributed by atoms with E-state index >= 15 is 0 Å². The minimum atomic E-state index is -0.234. The van der Waals surface area contributed by atoms with E-state index in [0.29, 0.717) is 17.3 Å². The van der Waals surface area contributed by atoms with E-state index in [-0.39, 0.29) is 17.3 Å². The van der Waals surface area contributed by atoms with Gasteiger partial charge >= 0.3 is 0 Å². The fourth-order valence-corrected chi connectivity index (χ4v) is 4.78. The van der Waals surface area contributed by atoms with Crippen LogP contribution in [0.25, 0.3) is 0 Å². The summed E-state index contributed by atoms with van der Waals surface area (Å²) in [6.07, 6.45) is 5.60. The Balaban J connectivity index is 1.62. The van der Waals surface area contributed by atoms with Gasteiger partial charge in [0.05, 0.1) is 24.9 Å². The number of aliphatic hydroxyl groups excluding tert-OH is 1. The van der Waals surface area contributed by atoms with Crippen molar-refractivity contribution < 1.29 is 14.6 Å². The molecule has 0 amide bonds. The van der Waals surface area contributed by atoms with Gasteiger partial charge < -0.3 is 14.6 Å². The molecule has 0 bridgehead atoms. The molecule has 2 aliphatic carbocycles. The van der Waals surface area contributed by atoms with Crippen molar-refractivity contribution in [2.75, 3.05) is 13.2 Å². The first kappa shape index (κ1) is 11.7. The van der Waals surface area contributed by atoms with Crippen molar-refractivity contribution >= 4 is 0 Å². The molecule has 1 unspecified atom stereocenters. The van der Waals surface area contributed by atoms with Gasteiger partial charge in [-0.3, -0.25) is 0 Å². The van der Waals surface area contributed by atoms with Crippen molar-refractivity contribution in [2.24, 2.45) is 17.3 Å². The Labute approximate surface area is 109 Å². The third kappa shape index (κ3) is 1.41. The average molecular weight is 252 g/mol. The predicted molar refractivity (Wildman–Crippen MR) is 67.2 cm³/mol. The Morgan fingerprint density at radius 2 is 1.72 bits per heavy atom. The monoisotopic (exact) mass is 252 g/mol. The van der Waals surface area contributed by atoms with E-state index in [1.165, 1.54) is 19.3 Å². The third-order valence-electron chi connectivity index (χ3n) is 6.51. The fraction of sp³-hybridized carbons (Fsp3) is 1.00. The van der Waals surface area contributed by atoms with E-state index in [1.54, 1.807) is 0 Å². The quantitative estimate of drug-likeness (QED) is 0.727. The van der Waals surface area contributed by atoms with Crippen LogP contribution in [-0.2, 0) is 9.47 Å². The lowest BCUT2D eigenvalue weighted by molar-refractivity contribution is -0.0964. The molecule has 3 heteroatoms. The van der Waals surface area contributed by atoms with E-state index in [4.69, 9.17) is 9.47 Å². The number of rotatable bonds is 1. The highest BCUT2D eigenvalue weighted by Crippen LogP contribution is 2.62. The molecule has 0 aromatic rings. The van der Waals surface area contributed by atoms with Crippen LogP contribution in [-0.4, -0.2) is 35.6 Å². The van der Waals surface area contributed by atoms with Crippen molar-refractivity contribution in [3.05, 3.63) is 0 Å². The lowest BCUT2D eigenvalue weighted by atomic mass is 9.53. The van der Waals surface area contributed by atoms with Crippen LogP contribution in [0.15, 0.2) is 0 Å². The van der Waals surface area contributed by atoms with Crippen LogP contribution in [0.3, 0.4) is 0 Å². The summed E-state index contributed by atoms with van der Waals surface area (Å²) < 4.78 is 11.4. The zero-order valence-electron chi connectivity index (χ0n) is 11.4. The van der Waals surface area contributed by atoms with Gasteiger partial charge in [0.2, 0.25) is 0 Å². The highest BCUT2D eigenvalue weighted by molar-refractivity contribution is 5.15. The van der Waals surface area contributed by atoms with Gasteiger partial charge in [-0.2, -0.15) is 0 Å². The van der Waals surface area contributed by atoms with E-state index in [9.17, 15) is 5.11 Å². The van der Waals surface area contributed by atoms with Crippen LogP contribution in [0, 0.1) is 17.3 Å². The largest absolute Gasteiger partial charge is 0.390 e. The molecular weight excluding hydrogens is 228 g/mol. The summed E-state index contributed by atoms with van der Waals surface area (Å²) in [5.41, 5.74) is 0.341. The lowest BCUT2D eigenvalue weighted by Crippen LogP contribution is -2.54. The Bertz CT molecular complexity index is 370. The Kier molecular flexibility index (Phi) is 2.15. The second-order valence-corrected chi connectivity index (χ2v) is 7.58. The molecule has 102 valence electrons. The van der Waals surface area contributed by atoms with Gasteiger partial charge in [0.25, 0.3) is 0 Å². The van der Waals surface area contributed by atoms with E-state index in [1.807, 2.05) is 0 Å². The third-order valence-corrected chi connectivity index (χ3v) is 6.51. The molecule has 0 radical (unpaired) electrons. The van der Waals surface area contributed by atoms with Gasteiger partial charge in [0.1, 0.15) is 5.60 Å². The summed E-state index contributed by atoms with van der Waals surface area (Å²) in [6.45, 7) is 6.37. The van der Waals surface area contributed by atoms with Crippen molar-refractivity contribution in [2.45, 2.75) is 63.3 Å². The van der Waals surface area contributed by atoms with Crippen LogP contribution in [0.5, 0.6) is 0 Å². The van der Waals surface area contributed by atoms with E-state index in [0.717, 1.165) is 26.1 Å². The molecule has 0 aromatic carbocycles. The first-order valence-corrected chi connectivity index (χ1v) is 7.45. The molecule has 6 atom stereocenters. The molecular formula is C15H24O3. The molecule has 2 aliphatic heterocycles. The van der Waals surface area contributed by atoms with Gasteiger partial charge in [-0.1, -0.05) is 6.92 Å². The lowest BCUT2D eigenvalue weighted by Gasteiger charge is -2.52. The van der Waals surface area contributed by atoms with Gasteiger partial charge in [-0.05, 0) is 56.3 Å². The molecule has 4 aliphatic rings. The molecule has 18 heavy (non-hydrogen) atoms. The highest BCUT2D eigenvalue weighted by Gasteiger charge is 2.66. The van der Waals surface area contributed by atoms with E-state index in [2.05, 4.69) is 13.8 Å². The number of ether oxygens (including phenoxy) is 2. The summed E-state index contributed by atoms with van der Waals surface area (Å²) >= 11 is 0. The molecule has 4 fully saturated rings. The minimum Gasteiger partial charge on any atom is -0.390 e. The maximum atomic E-state index is 10.3. The number of epoxide rings is 2. The summed E-state index contributed by atoms with van der Waals surface area (Å²) in [4.78, 5) is 0. The van der Waals surface area contributed by atoms with Crippen LogP contribution in [0.4, 0.5) is 0 Å². The molecule has 2 saturated carbocycles. The summed E-state index contributed by atoms with van der Waals surface area (Å²) in [7, 11) is 0. The van der Waals surface area contributed by atoms with Gasteiger partial charge in [0, 0.05) is 0 Å². The fourth-order valence-electron chi connectivity index (χ4n) is 4.78. The maximum absolute atomic E-state index is 10.3. The topological polar surface area (TPSA) is 45.3 Å². The summed E-state index contributed by atoms with van der Waals surface area (Å²) in [5, 5.41) is 10.3. The standard InChI is InChI=1S/C15H24O3/c1-13-5-3-10(14(2)8-17-14)7-11(13)15(9-18-15)12(16)4-6-13/h10-12,16H,3-9H2,1-2H3/t10-,11+,12+,13-,14?,15-/m0/s1. The van der Waals surface area contributed by atoms with Crippen molar-refractivity contribution in [1.82, 2.24) is 0 Å². The highest BCUT2D eigenvalue weighted by atomic mass is 16.6. The van der Waals surface area contributed by atoms with Gasteiger partial charge in [-0.25, -0.2) is 0 Å². The number of hydrogen-bond acceptors (Lipinski definition) is 3. The average Bonchev–Trinajstić information content (AvgIpc) is 3.23. The normalized spacial score (nSPS) is 62.5. The first-order chi connectivity index (χ1) is 8.49. The minimum absolute atomic E-state index is 0.139. The van der Waals surface area contributed by atoms with Crippen molar-refractivity contribution in [3.63, 3.8) is 0 Å². The van der Waals surface area contributed by atoms with Crippen molar-refractivity contribution in [3.8, 4) is 0 Å². The molecule has 1 spiro atoms. The SMILES string of the molecule is CC1([C@H]2CC[C@@]3(C)CC[C@@H](O)[C@]4(CO4)[C@@H]3C2)CO1.